The summed E-state index contributed by atoms with van der Waals surface area (Å²) >= 11 is 0. The number of halogens is 1. The number of nitrogens with one attached hydrogen (secondary N) is 2. The zero-order valence-electron chi connectivity index (χ0n) is 13.9. The monoisotopic (exact) mass is 330 g/mol. The van der Waals surface area contributed by atoms with Crippen molar-refractivity contribution in [3.05, 3.63) is 0 Å². The molecule has 0 bridgehead atoms. The second-order valence-electron chi connectivity index (χ2n) is 7.70. The van der Waals surface area contributed by atoms with Crippen molar-refractivity contribution in [2.75, 3.05) is 19.7 Å². The molecule has 1 amide bonds. The summed E-state index contributed by atoms with van der Waals surface area (Å²) in [5, 5.41) is 6.69. The van der Waals surface area contributed by atoms with E-state index >= 15 is 0 Å². The lowest BCUT2D eigenvalue weighted by Crippen LogP contribution is -2.70. The predicted molar refractivity (Wildman–Crippen MR) is 90.3 cm³/mol. The molecule has 1 aliphatic carbocycles. The van der Waals surface area contributed by atoms with Gasteiger partial charge in [0.1, 0.15) is 0 Å². The molecule has 1 saturated carbocycles. The van der Waals surface area contributed by atoms with Crippen molar-refractivity contribution in [3.63, 3.8) is 0 Å². The second kappa shape index (κ2) is 7.50. The molecule has 0 spiro atoms. The van der Waals surface area contributed by atoms with E-state index < -0.39 is 0 Å². The molecule has 3 atom stereocenters. The Kier molecular flexibility index (Phi) is 6.14. The third kappa shape index (κ3) is 3.60. The lowest BCUT2D eigenvalue weighted by Gasteiger charge is -2.59. The minimum atomic E-state index is 0. The summed E-state index contributed by atoms with van der Waals surface area (Å²) in [6.45, 7) is 7.58. The van der Waals surface area contributed by atoms with Crippen molar-refractivity contribution in [2.45, 2.75) is 64.5 Å². The Morgan fingerprint density at radius 2 is 2.00 bits per heavy atom. The summed E-state index contributed by atoms with van der Waals surface area (Å²) in [6.07, 6.45) is 6.87. The van der Waals surface area contributed by atoms with E-state index in [1.807, 2.05) is 0 Å². The number of piperidine rings is 1. The third-order valence-electron chi connectivity index (χ3n) is 5.89. The normalized spacial score (nSPS) is 34.0. The molecule has 22 heavy (non-hydrogen) atoms. The molecule has 0 aromatic heterocycles. The number of amides is 1. The molecule has 2 heterocycles. The van der Waals surface area contributed by atoms with Crippen LogP contribution in [0, 0.1) is 17.3 Å². The van der Waals surface area contributed by atoms with E-state index in [2.05, 4.69) is 24.5 Å². The van der Waals surface area contributed by atoms with E-state index in [1.165, 1.54) is 19.3 Å². The van der Waals surface area contributed by atoms with Gasteiger partial charge in [-0.25, -0.2) is 0 Å². The second-order valence-corrected chi connectivity index (χ2v) is 7.70. The Labute approximate surface area is 140 Å². The van der Waals surface area contributed by atoms with Gasteiger partial charge in [0.2, 0.25) is 5.91 Å². The highest BCUT2D eigenvalue weighted by atomic mass is 35.5. The first-order chi connectivity index (χ1) is 10.1. The maximum absolute atomic E-state index is 12.3. The summed E-state index contributed by atoms with van der Waals surface area (Å²) in [5.74, 6) is 1.52. The Hall–Kier alpha value is -0.320. The summed E-state index contributed by atoms with van der Waals surface area (Å²) in [7, 11) is 0. The van der Waals surface area contributed by atoms with Crippen LogP contribution in [0.15, 0.2) is 0 Å². The van der Waals surface area contributed by atoms with Gasteiger partial charge in [-0.15, -0.1) is 12.4 Å². The fourth-order valence-corrected chi connectivity index (χ4v) is 4.57. The molecule has 3 aliphatic rings. The van der Waals surface area contributed by atoms with E-state index in [4.69, 9.17) is 4.74 Å². The van der Waals surface area contributed by atoms with Gasteiger partial charge in [0.15, 0.2) is 0 Å². The average molecular weight is 331 g/mol. The van der Waals surface area contributed by atoms with Gasteiger partial charge in [-0.3, -0.25) is 4.79 Å². The zero-order chi connectivity index (χ0) is 14.9. The molecule has 3 fully saturated rings. The lowest BCUT2D eigenvalue weighted by molar-refractivity contribution is -0.193. The van der Waals surface area contributed by atoms with Gasteiger partial charge >= 0.3 is 0 Å². The van der Waals surface area contributed by atoms with Crippen molar-refractivity contribution in [3.8, 4) is 0 Å². The van der Waals surface area contributed by atoms with Crippen molar-refractivity contribution < 1.29 is 9.53 Å². The van der Waals surface area contributed by atoms with Crippen LogP contribution in [-0.4, -0.2) is 37.7 Å². The number of ether oxygens (including phenoxy) is 1. The highest BCUT2D eigenvalue weighted by molar-refractivity contribution is 5.85. The molecule has 3 unspecified atom stereocenters. The predicted octanol–water partition coefficient (Wildman–Crippen LogP) is 2.51. The fraction of sp³-hybridized carbons (Fsp3) is 0.941. The van der Waals surface area contributed by atoms with E-state index in [-0.39, 0.29) is 23.7 Å². The molecular weight excluding hydrogens is 300 g/mol. The Morgan fingerprint density at radius 3 is 2.73 bits per heavy atom. The Balaban J connectivity index is 0.00000176. The number of rotatable bonds is 4. The molecule has 4 nitrogen and oxygen atoms in total. The van der Waals surface area contributed by atoms with Crippen LogP contribution in [0.3, 0.4) is 0 Å². The number of hydrogen-bond acceptors (Lipinski definition) is 3. The summed E-state index contributed by atoms with van der Waals surface area (Å²) < 4.78 is 5.90. The van der Waals surface area contributed by atoms with Crippen molar-refractivity contribution in [1.29, 1.82) is 0 Å². The topological polar surface area (TPSA) is 50.4 Å². The standard InChI is InChI=1S/C17H30N2O2.ClH/c1-17(2)15(13-4-3-11-21-16(13)17)19-14(20)6-5-12-7-9-18-10-8-12;/h12-13,15-16,18H,3-11H2,1-2H3,(H,19,20);1H. The highest BCUT2D eigenvalue weighted by Gasteiger charge is 2.58. The smallest absolute Gasteiger partial charge is 0.220 e. The first kappa shape index (κ1) is 18.0. The van der Waals surface area contributed by atoms with Gasteiger partial charge in [-0.1, -0.05) is 13.8 Å². The lowest BCUT2D eigenvalue weighted by atomic mass is 9.55. The van der Waals surface area contributed by atoms with Crippen molar-refractivity contribution in [2.24, 2.45) is 17.3 Å². The van der Waals surface area contributed by atoms with Crippen LogP contribution in [0.25, 0.3) is 0 Å². The number of hydrogen-bond donors (Lipinski definition) is 2. The maximum atomic E-state index is 12.3. The summed E-state index contributed by atoms with van der Waals surface area (Å²) in [5.41, 5.74) is 0.0928. The molecule has 3 rings (SSSR count). The van der Waals surface area contributed by atoms with Crippen LogP contribution in [0.5, 0.6) is 0 Å². The molecule has 0 aromatic carbocycles. The largest absolute Gasteiger partial charge is 0.377 e. The van der Waals surface area contributed by atoms with Crippen molar-refractivity contribution >= 4 is 18.3 Å². The van der Waals surface area contributed by atoms with Crippen molar-refractivity contribution in [1.82, 2.24) is 10.6 Å². The number of carbonyl (C=O) groups is 1. The highest BCUT2D eigenvalue weighted by Crippen LogP contribution is 2.51. The quantitative estimate of drug-likeness (QED) is 0.832. The molecule has 0 aromatic rings. The average Bonchev–Trinajstić information content (AvgIpc) is 2.51. The molecule has 2 N–H and O–H groups in total. The van der Waals surface area contributed by atoms with E-state index in [0.717, 1.165) is 38.5 Å². The zero-order valence-corrected chi connectivity index (χ0v) is 14.7. The van der Waals surface area contributed by atoms with Gasteiger partial charge in [0, 0.05) is 30.4 Å². The molecular formula is C17H31ClN2O2. The Morgan fingerprint density at radius 1 is 1.27 bits per heavy atom. The van der Waals surface area contributed by atoms with Crippen LogP contribution in [0.1, 0.15) is 52.4 Å². The molecule has 0 radical (unpaired) electrons. The van der Waals surface area contributed by atoms with Crippen LogP contribution in [-0.2, 0) is 9.53 Å². The van der Waals surface area contributed by atoms with Gasteiger partial charge in [0.05, 0.1) is 6.10 Å². The van der Waals surface area contributed by atoms with E-state index in [0.29, 0.717) is 24.5 Å². The molecule has 128 valence electrons. The summed E-state index contributed by atoms with van der Waals surface area (Å²) in [6, 6.07) is 0.309. The molecule has 2 aliphatic heterocycles. The van der Waals surface area contributed by atoms with Crippen LogP contribution in [0.2, 0.25) is 0 Å². The number of fused-ring (bicyclic) bond motifs is 1. The first-order valence-corrected chi connectivity index (χ1v) is 8.70. The van der Waals surface area contributed by atoms with Crippen LogP contribution >= 0.6 is 12.4 Å². The van der Waals surface area contributed by atoms with Gasteiger partial charge < -0.3 is 15.4 Å². The maximum Gasteiger partial charge on any atom is 0.220 e. The van der Waals surface area contributed by atoms with E-state index in [1.54, 1.807) is 0 Å². The minimum Gasteiger partial charge on any atom is -0.377 e. The fourth-order valence-electron chi connectivity index (χ4n) is 4.57. The first-order valence-electron chi connectivity index (χ1n) is 8.70. The Bertz CT molecular complexity index is 383. The van der Waals surface area contributed by atoms with Crippen LogP contribution in [0.4, 0.5) is 0 Å². The number of carbonyl (C=O) groups excluding carboxylic acids is 1. The van der Waals surface area contributed by atoms with Gasteiger partial charge in [-0.2, -0.15) is 0 Å². The third-order valence-corrected chi connectivity index (χ3v) is 5.89. The molecule has 5 heteroatoms. The summed E-state index contributed by atoms with van der Waals surface area (Å²) in [4.78, 5) is 12.3. The minimum absolute atomic E-state index is 0. The molecule has 2 saturated heterocycles. The van der Waals surface area contributed by atoms with Crippen LogP contribution < -0.4 is 10.6 Å². The van der Waals surface area contributed by atoms with E-state index in [9.17, 15) is 4.79 Å². The SMILES string of the molecule is CC1(C)C(NC(=O)CCC2CCNCC2)C2CCCOC21.Cl. The van der Waals surface area contributed by atoms with Gasteiger partial charge in [-0.05, 0) is 51.1 Å². The van der Waals surface area contributed by atoms with Gasteiger partial charge in [0.25, 0.3) is 0 Å².